The molecule has 1 aliphatic rings. The predicted octanol–water partition coefficient (Wildman–Crippen LogP) is 3.02. The topological polar surface area (TPSA) is 106 Å². The van der Waals surface area contributed by atoms with Crippen LogP contribution in [0.15, 0.2) is 42.6 Å². The van der Waals surface area contributed by atoms with Crippen LogP contribution in [-0.2, 0) is 20.8 Å². The first-order valence-corrected chi connectivity index (χ1v) is 13.6. The minimum atomic E-state index is -0.710. The van der Waals surface area contributed by atoms with Gasteiger partial charge in [0.25, 0.3) is 0 Å². The summed E-state index contributed by atoms with van der Waals surface area (Å²) in [6, 6.07) is 13.7. The van der Waals surface area contributed by atoms with Gasteiger partial charge in [-0.15, -0.1) is 0 Å². The van der Waals surface area contributed by atoms with Crippen LogP contribution in [0.3, 0.4) is 0 Å². The quantitative estimate of drug-likeness (QED) is 0.385. The zero-order valence-corrected chi connectivity index (χ0v) is 20.7. The van der Waals surface area contributed by atoms with E-state index in [1.807, 2.05) is 37.3 Å². The second-order valence-electron chi connectivity index (χ2n) is 8.05. The number of nitrogens with one attached hydrogen (secondary N) is 1. The van der Waals surface area contributed by atoms with E-state index in [0.717, 1.165) is 56.5 Å². The fraction of sp³-hybridized carbons (Fsp3) is 0.292. The summed E-state index contributed by atoms with van der Waals surface area (Å²) in [6.07, 6.45) is 2.81. The SMILES string of the molecule is Cc1cccc(CNC(=O)Cc2nc3cnc4ccc(C#N)cc4c3n2C2CC[O][Sb][CH2]2)n1. The first-order chi connectivity index (χ1) is 16.1. The summed E-state index contributed by atoms with van der Waals surface area (Å²) in [7, 11) is 0. The number of pyridine rings is 2. The molecule has 1 saturated heterocycles. The van der Waals surface area contributed by atoms with Gasteiger partial charge >= 0.3 is 203 Å². The standard InChI is InChI=1S/C24H22N6O2.Sb/c1-15-4-3-5-18(28-15)13-27-23(32)11-22-29-21-14-26-20-7-6-17(12-25)10-19(20)24(21)30(22)16(2)8-9-31;/h3-7,10,14,16H,2,8-9,11,13H2,1H3,(H,27,32);/q-1;+1. The molecule has 1 amide bonds. The number of nitriles is 1. The third-order valence-electron chi connectivity index (χ3n) is 5.73. The van der Waals surface area contributed by atoms with Crippen LogP contribution >= 0.6 is 0 Å². The zero-order valence-electron chi connectivity index (χ0n) is 18.2. The number of rotatable bonds is 5. The number of aryl methyl sites for hydroxylation is 1. The van der Waals surface area contributed by atoms with E-state index in [1.54, 1.807) is 12.3 Å². The number of carbonyl (C=O) groups is 1. The van der Waals surface area contributed by atoms with Crippen molar-refractivity contribution in [3.8, 4) is 6.07 Å². The fourth-order valence-corrected chi connectivity index (χ4v) is 6.65. The molecule has 5 rings (SSSR count). The molecule has 4 heterocycles. The molecule has 4 aromatic rings. The molecule has 0 aliphatic carbocycles. The molecule has 1 fully saturated rings. The Labute approximate surface area is 202 Å². The van der Waals surface area contributed by atoms with Gasteiger partial charge in [-0.3, -0.25) is 0 Å². The van der Waals surface area contributed by atoms with Gasteiger partial charge in [-0.2, -0.15) is 0 Å². The number of carbonyl (C=O) groups excluding carboxylic acids is 1. The summed E-state index contributed by atoms with van der Waals surface area (Å²) in [5, 5.41) is 13.3. The van der Waals surface area contributed by atoms with E-state index in [2.05, 4.69) is 25.9 Å². The second-order valence-corrected chi connectivity index (χ2v) is 10.6. The zero-order chi connectivity index (χ0) is 22.8. The van der Waals surface area contributed by atoms with Crippen molar-refractivity contribution >= 4 is 49.9 Å². The van der Waals surface area contributed by atoms with Gasteiger partial charge < -0.3 is 0 Å². The van der Waals surface area contributed by atoms with Gasteiger partial charge in [-0.1, -0.05) is 0 Å². The molecule has 0 saturated carbocycles. The maximum atomic E-state index is 12.9. The van der Waals surface area contributed by atoms with Crippen molar-refractivity contribution in [2.45, 2.75) is 36.7 Å². The summed E-state index contributed by atoms with van der Waals surface area (Å²) in [5.74, 6) is 0.620. The van der Waals surface area contributed by atoms with E-state index >= 15 is 0 Å². The Morgan fingerprint density at radius 1 is 1.30 bits per heavy atom. The van der Waals surface area contributed by atoms with Crippen molar-refractivity contribution in [2.75, 3.05) is 6.61 Å². The molecular weight excluding hydrogens is 526 g/mol. The Morgan fingerprint density at radius 2 is 2.21 bits per heavy atom. The van der Waals surface area contributed by atoms with Gasteiger partial charge in [0.05, 0.1) is 0 Å². The van der Waals surface area contributed by atoms with Gasteiger partial charge in [-0.05, 0) is 0 Å². The van der Waals surface area contributed by atoms with E-state index in [9.17, 15) is 10.1 Å². The third-order valence-corrected chi connectivity index (χ3v) is 8.40. The Balaban J connectivity index is 1.52. The number of aromatic nitrogens is 4. The van der Waals surface area contributed by atoms with Crippen molar-refractivity contribution in [3.63, 3.8) is 0 Å². The van der Waals surface area contributed by atoms with Crippen LogP contribution in [0.1, 0.15) is 35.2 Å². The molecule has 1 aromatic carbocycles. The van der Waals surface area contributed by atoms with Crippen molar-refractivity contribution in [3.05, 3.63) is 65.4 Å². The minimum absolute atomic E-state index is 0.102. The molecule has 0 spiro atoms. The van der Waals surface area contributed by atoms with Crippen LogP contribution in [0.4, 0.5) is 0 Å². The number of hydrogen-bond donors (Lipinski definition) is 1. The van der Waals surface area contributed by atoms with Crippen molar-refractivity contribution in [1.29, 1.82) is 5.26 Å². The van der Waals surface area contributed by atoms with Crippen LogP contribution < -0.4 is 5.32 Å². The van der Waals surface area contributed by atoms with Gasteiger partial charge in [0, 0.05) is 0 Å². The average Bonchev–Trinajstić information content (AvgIpc) is 3.21. The van der Waals surface area contributed by atoms with E-state index in [-0.39, 0.29) is 18.4 Å². The predicted molar refractivity (Wildman–Crippen MR) is 124 cm³/mol. The first kappa shape index (κ1) is 21.8. The summed E-state index contributed by atoms with van der Waals surface area (Å²) in [4.78, 5) is 26.7. The molecule has 1 unspecified atom stereocenters. The summed E-state index contributed by atoms with van der Waals surface area (Å²) in [5.41, 5.74) is 4.83. The van der Waals surface area contributed by atoms with Crippen molar-refractivity contribution in [1.82, 2.24) is 24.8 Å². The van der Waals surface area contributed by atoms with Gasteiger partial charge in [0.1, 0.15) is 0 Å². The Kier molecular flexibility index (Phi) is 6.25. The van der Waals surface area contributed by atoms with E-state index in [0.29, 0.717) is 12.1 Å². The van der Waals surface area contributed by atoms with Crippen LogP contribution in [0.25, 0.3) is 21.9 Å². The first-order valence-electron chi connectivity index (χ1n) is 10.8. The van der Waals surface area contributed by atoms with E-state index in [4.69, 9.17) is 8.00 Å². The molecule has 8 nitrogen and oxygen atoms in total. The maximum absolute atomic E-state index is 12.9. The molecule has 33 heavy (non-hydrogen) atoms. The molecule has 165 valence electrons. The van der Waals surface area contributed by atoms with E-state index < -0.39 is 22.0 Å². The van der Waals surface area contributed by atoms with Crippen LogP contribution in [0.5, 0.6) is 0 Å². The molecular formula is C24H22N6O2Sb. The van der Waals surface area contributed by atoms with Crippen molar-refractivity contribution < 1.29 is 7.81 Å². The Hall–Kier alpha value is -3.01. The molecule has 9 heteroatoms. The number of fused-ring (bicyclic) bond motifs is 3. The van der Waals surface area contributed by atoms with Crippen LogP contribution in [0, 0.1) is 18.3 Å². The molecule has 1 radical (unpaired) electrons. The van der Waals surface area contributed by atoms with Gasteiger partial charge in [-0.25, -0.2) is 0 Å². The Bertz CT molecular complexity index is 1390. The number of hydrogen-bond acceptors (Lipinski definition) is 6. The average molecular weight is 548 g/mol. The summed E-state index contributed by atoms with van der Waals surface area (Å²) < 4.78 is 8.93. The number of imidazole rings is 1. The molecule has 1 aliphatic heterocycles. The molecule has 0 bridgehead atoms. The van der Waals surface area contributed by atoms with Gasteiger partial charge in [0.15, 0.2) is 0 Å². The molecule has 1 atom stereocenters. The number of amides is 1. The van der Waals surface area contributed by atoms with Gasteiger partial charge in [0.2, 0.25) is 0 Å². The summed E-state index contributed by atoms with van der Waals surface area (Å²) in [6.45, 7) is 3.04. The second kappa shape index (κ2) is 9.46. The van der Waals surface area contributed by atoms with Crippen molar-refractivity contribution in [2.24, 2.45) is 0 Å². The molecule has 3 aromatic heterocycles. The molecule has 1 N–H and O–H groups in total. The van der Waals surface area contributed by atoms with Crippen LogP contribution in [0.2, 0.25) is 4.37 Å². The van der Waals surface area contributed by atoms with E-state index in [1.165, 1.54) is 0 Å². The summed E-state index contributed by atoms with van der Waals surface area (Å²) >= 11 is -0.710. The number of benzene rings is 1. The van der Waals surface area contributed by atoms with Crippen LogP contribution in [-0.4, -0.2) is 54.1 Å². The fourth-order valence-electron chi connectivity index (χ4n) is 4.20. The Morgan fingerprint density at radius 3 is 3.00 bits per heavy atom. The number of nitrogens with zero attached hydrogens (tertiary/aromatic N) is 5. The monoisotopic (exact) mass is 547 g/mol. The normalized spacial score (nSPS) is 16.1. The third kappa shape index (κ3) is 4.57.